The van der Waals surface area contributed by atoms with Crippen molar-refractivity contribution >= 4 is 34.9 Å². The molecule has 0 spiro atoms. The van der Waals surface area contributed by atoms with Crippen molar-refractivity contribution in [2.24, 2.45) is 0 Å². The number of urea groups is 1. The number of hydrazine groups is 1. The molecule has 6 heteroatoms. The van der Waals surface area contributed by atoms with Crippen LogP contribution in [-0.4, -0.2) is 12.1 Å². The van der Waals surface area contributed by atoms with Gasteiger partial charge in [-0.2, -0.15) is 0 Å². The maximum atomic E-state index is 12.1. The third-order valence-electron chi connectivity index (χ3n) is 4.97. The molecule has 5 nitrogen and oxygen atoms in total. The summed E-state index contributed by atoms with van der Waals surface area (Å²) in [4.78, 5) is 14.5. The first kappa shape index (κ1) is 17.8. The van der Waals surface area contributed by atoms with Crippen LogP contribution in [0.3, 0.4) is 0 Å². The van der Waals surface area contributed by atoms with Crippen molar-refractivity contribution in [2.45, 2.75) is 47.9 Å². The van der Waals surface area contributed by atoms with E-state index in [-0.39, 0.29) is 12.1 Å². The van der Waals surface area contributed by atoms with Gasteiger partial charge < -0.3 is 10.6 Å². The van der Waals surface area contributed by atoms with Gasteiger partial charge in [-0.1, -0.05) is 55.8 Å². The van der Waals surface area contributed by atoms with Crippen molar-refractivity contribution in [3.8, 4) is 0 Å². The van der Waals surface area contributed by atoms with Crippen molar-refractivity contribution in [1.29, 1.82) is 0 Å². The topological polar surface area (TPSA) is 65.2 Å². The van der Waals surface area contributed by atoms with Crippen LogP contribution in [0, 0.1) is 0 Å². The lowest BCUT2D eigenvalue weighted by Crippen LogP contribution is -2.47. The number of fused-ring (bicyclic) bond motifs is 2. The Labute approximate surface area is 164 Å². The van der Waals surface area contributed by atoms with Gasteiger partial charge in [-0.05, 0) is 37.1 Å². The molecule has 1 aliphatic carbocycles. The molecule has 1 fully saturated rings. The van der Waals surface area contributed by atoms with E-state index in [0.717, 1.165) is 29.8 Å². The van der Waals surface area contributed by atoms with Crippen LogP contribution in [-0.2, 0) is 0 Å². The molecule has 0 aromatic heterocycles. The Bertz CT molecular complexity index is 861. The fourth-order valence-corrected chi connectivity index (χ4v) is 4.47. The predicted octanol–water partition coefficient (Wildman–Crippen LogP) is 5.00. The van der Waals surface area contributed by atoms with Crippen LogP contribution >= 0.6 is 11.8 Å². The molecule has 140 valence electrons. The van der Waals surface area contributed by atoms with Gasteiger partial charge in [-0.25, -0.2) is 4.79 Å². The van der Waals surface area contributed by atoms with E-state index in [1.54, 1.807) is 11.8 Å². The number of anilines is 2. The molecular weight excluding hydrogens is 356 g/mol. The molecule has 0 radical (unpaired) electrons. The lowest BCUT2D eigenvalue weighted by Gasteiger charge is -2.23. The molecule has 2 amide bonds. The standard InChI is InChI=1S/C21H24N4OS/c1-14(24-25-21(26)22-16-7-3-2-4-8-16)15-11-12-20-18(13-15)23-17-9-5-6-10-19(17)27-20/h5-6,9-13,16,23-24H,1-4,7-8H2,(H2,22,25,26). The Hall–Kier alpha value is -2.60. The van der Waals surface area contributed by atoms with Gasteiger partial charge in [0.2, 0.25) is 0 Å². The van der Waals surface area contributed by atoms with Crippen molar-refractivity contribution in [2.75, 3.05) is 5.32 Å². The van der Waals surface area contributed by atoms with Crippen LogP contribution in [0.4, 0.5) is 16.2 Å². The number of benzene rings is 2. The van der Waals surface area contributed by atoms with E-state index in [0.29, 0.717) is 5.70 Å². The van der Waals surface area contributed by atoms with E-state index in [9.17, 15) is 4.79 Å². The summed E-state index contributed by atoms with van der Waals surface area (Å²) in [6.07, 6.45) is 5.76. The smallest absolute Gasteiger partial charge is 0.333 e. The van der Waals surface area contributed by atoms with E-state index in [1.165, 1.54) is 29.1 Å². The third-order valence-corrected chi connectivity index (χ3v) is 6.12. The molecule has 0 bridgehead atoms. The number of carbonyl (C=O) groups excluding carboxylic acids is 1. The van der Waals surface area contributed by atoms with Gasteiger partial charge in [0.1, 0.15) is 0 Å². The zero-order valence-electron chi connectivity index (χ0n) is 15.2. The van der Waals surface area contributed by atoms with Crippen LogP contribution in [0.2, 0.25) is 0 Å². The Morgan fingerprint density at radius 3 is 2.63 bits per heavy atom. The van der Waals surface area contributed by atoms with Gasteiger partial charge in [-0.3, -0.25) is 10.9 Å². The Balaban J connectivity index is 1.35. The maximum Gasteiger partial charge on any atom is 0.333 e. The van der Waals surface area contributed by atoms with Gasteiger partial charge in [0.05, 0.1) is 17.1 Å². The number of hydrogen-bond donors (Lipinski definition) is 4. The molecule has 27 heavy (non-hydrogen) atoms. The normalized spacial score (nSPS) is 15.7. The van der Waals surface area contributed by atoms with E-state index in [4.69, 9.17) is 0 Å². The molecule has 1 saturated carbocycles. The fourth-order valence-electron chi connectivity index (χ4n) is 3.50. The molecule has 2 aromatic carbocycles. The average molecular weight is 381 g/mol. The summed E-state index contributed by atoms with van der Waals surface area (Å²) in [5, 5.41) is 6.48. The molecule has 0 atom stereocenters. The van der Waals surface area contributed by atoms with Crippen molar-refractivity contribution < 1.29 is 4.79 Å². The van der Waals surface area contributed by atoms with Gasteiger partial charge in [0, 0.05) is 21.4 Å². The lowest BCUT2D eigenvalue weighted by atomic mass is 9.96. The first-order valence-corrected chi connectivity index (χ1v) is 10.2. The average Bonchev–Trinajstić information content (AvgIpc) is 2.70. The molecule has 4 N–H and O–H groups in total. The molecule has 4 rings (SSSR count). The minimum absolute atomic E-state index is 0.205. The molecule has 1 heterocycles. The summed E-state index contributed by atoms with van der Waals surface area (Å²) in [5.41, 5.74) is 9.36. The second-order valence-corrected chi connectivity index (χ2v) is 8.05. The quantitative estimate of drug-likeness (QED) is 0.481. The molecule has 2 aromatic rings. The molecule has 0 saturated heterocycles. The van der Waals surface area contributed by atoms with E-state index in [2.05, 4.69) is 46.3 Å². The number of nitrogens with one attached hydrogen (secondary N) is 4. The molecule has 1 aliphatic heterocycles. The van der Waals surface area contributed by atoms with Crippen LogP contribution < -0.4 is 21.5 Å². The zero-order valence-corrected chi connectivity index (χ0v) is 16.0. The van der Waals surface area contributed by atoms with E-state index >= 15 is 0 Å². The van der Waals surface area contributed by atoms with Crippen LogP contribution in [0.25, 0.3) is 5.70 Å². The zero-order chi connectivity index (χ0) is 18.6. The third kappa shape index (κ3) is 4.22. The highest BCUT2D eigenvalue weighted by Gasteiger charge is 2.17. The number of carbonyl (C=O) groups is 1. The number of hydrogen-bond acceptors (Lipinski definition) is 4. The van der Waals surface area contributed by atoms with Crippen molar-refractivity contribution in [3.05, 3.63) is 54.6 Å². The lowest BCUT2D eigenvalue weighted by molar-refractivity contribution is 0.230. The second kappa shape index (κ2) is 7.96. The van der Waals surface area contributed by atoms with E-state index in [1.807, 2.05) is 24.3 Å². The maximum absolute atomic E-state index is 12.1. The Morgan fingerprint density at radius 1 is 1.00 bits per heavy atom. The Kier molecular flexibility index (Phi) is 5.25. The summed E-state index contributed by atoms with van der Waals surface area (Å²) in [6.45, 7) is 4.05. The molecule has 0 unspecified atom stereocenters. The first-order chi connectivity index (χ1) is 13.2. The highest BCUT2D eigenvalue weighted by molar-refractivity contribution is 7.99. The largest absolute Gasteiger partial charge is 0.354 e. The summed E-state index contributed by atoms with van der Waals surface area (Å²) in [5.74, 6) is 0. The fraction of sp³-hybridized carbons (Fsp3) is 0.286. The summed E-state index contributed by atoms with van der Waals surface area (Å²) in [7, 11) is 0. The predicted molar refractivity (Wildman–Crippen MR) is 111 cm³/mol. The summed E-state index contributed by atoms with van der Waals surface area (Å²) in [6, 6.07) is 14.5. The van der Waals surface area contributed by atoms with Gasteiger partial charge in [-0.15, -0.1) is 0 Å². The summed E-state index contributed by atoms with van der Waals surface area (Å²) < 4.78 is 0. The molecule has 2 aliphatic rings. The number of amides is 2. The van der Waals surface area contributed by atoms with Crippen LogP contribution in [0.5, 0.6) is 0 Å². The van der Waals surface area contributed by atoms with Crippen LogP contribution in [0.15, 0.2) is 58.8 Å². The Morgan fingerprint density at radius 2 is 1.78 bits per heavy atom. The summed E-state index contributed by atoms with van der Waals surface area (Å²) >= 11 is 1.75. The SMILES string of the molecule is C=C(NNC(=O)NC1CCCCC1)c1ccc2c(c1)Nc1ccccc1S2. The van der Waals surface area contributed by atoms with Gasteiger partial charge in [0.25, 0.3) is 0 Å². The highest BCUT2D eigenvalue weighted by atomic mass is 32.2. The highest BCUT2D eigenvalue weighted by Crippen LogP contribution is 2.44. The van der Waals surface area contributed by atoms with Crippen LogP contribution in [0.1, 0.15) is 37.7 Å². The number of rotatable bonds is 4. The van der Waals surface area contributed by atoms with Crippen molar-refractivity contribution in [1.82, 2.24) is 16.2 Å². The van der Waals surface area contributed by atoms with E-state index < -0.39 is 0 Å². The monoisotopic (exact) mass is 380 g/mol. The molecular formula is C21H24N4OS. The van der Waals surface area contributed by atoms with Gasteiger partial charge >= 0.3 is 6.03 Å². The number of para-hydroxylation sites is 1. The van der Waals surface area contributed by atoms with Gasteiger partial charge in [0.15, 0.2) is 0 Å². The minimum Gasteiger partial charge on any atom is -0.354 e. The van der Waals surface area contributed by atoms with Crippen molar-refractivity contribution in [3.63, 3.8) is 0 Å². The first-order valence-electron chi connectivity index (χ1n) is 9.39. The minimum atomic E-state index is -0.205. The second-order valence-electron chi connectivity index (χ2n) is 6.97.